The summed E-state index contributed by atoms with van der Waals surface area (Å²) in [5.41, 5.74) is 0.796. The highest BCUT2D eigenvalue weighted by molar-refractivity contribution is 7.80. The van der Waals surface area contributed by atoms with E-state index in [2.05, 4.69) is 10.6 Å². The molecule has 2 nitrogen and oxygen atoms in total. The van der Waals surface area contributed by atoms with Crippen LogP contribution < -0.4 is 10.6 Å². The third kappa shape index (κ3) is 3.04. The van der Waals surface area contributed by atoms with Gasteiger partial charge in [0.05, 0.1) is 5.69 Å². The highest BCUT2D eigenvalue weighted by atomic mass is 32.1. The maximum Gasteiger partial charge on any atom is 0.175 e. The number of fused-ring (bicyclic) bond motifs is 1. The van der Waals surface area contributed by atoms with Crippen molar-refractivity contribution in [1.29, 1.82) is 0 Å². The highest BCUT2D eigenvalue weighted by Gasteiger charge is 2.07. The molecule has 3 aromatic carbocycles. The van der Waals surface area contributed by atoms with Gasteiger partial charge in [0.15, 0.2) is 5.11 Å². The monoisotopic (exact) mass is 314 g/mol. The highest BCUT2D eigenvalue weighted by Crippen LogP contribution is 2.23. The SMILES string of the molecule is Fc1ccc(F)c(NC(=S)Nc2cccc3ccccc23)c1. The molecule has 0 amide bonds. The molecule has 0 aliphatic heterocycles. The Labute approximate surface area is 131 Å². The molecule has 0 radical (unpaired) electrons. The molecule has 0 saturated heterocycles. The Morgan fingerprint density at radius 1 is 0.818 bits per heavy atom. The van der Waals surface area contributed by atoms with Crippen molar-refractivity contribution < 1.29 is 8.78 Å². The number of rotatable bonds is 2. The Morgan fingerprint density at radius 2 is 1.55 bits per heavy atom. The fourth-order valence-electron chi connectivity index (χ4n) is 2.20. The molecule has 3 aromatic rings. The van der Waals surface area contributed by atoms with Gasteiger partial charge in [-0.05, 0) is 35.8 Å². The fourth-order valence-corrected chi connectivity index (χ4v) is 2.42. The van der Waals surface area contributed by atoms with Crippen LogP contribution in [0, 0.1) is 11.6 Å². The summed E-state index contributed by atoms with van der Waals surface area (Å²) in [6, 6.07) is 16.8. The van der Waals surface area contributed by atoms with Gasteiger partial charge in [0.2, 0.25) is 0 Å². The molecule has 3 rings (SSSR count). The lowest BCUT2D eigenvalue weighted by atomic mass is 10.1. The number of halogens is 2. The van der Waals surface area contributed by atoms with Crippen LogP contribution in [0.2, 0.25) is 0 Å². The van der Waals surface area contributed by atoms with E-state index in [0.29, 0.717) is 0 Å². The lowest BCUT2D eigenvalue weighted by molar-refractivity contribution is 0.604. The van der Waals surface area contributed by atoms with Gasteiger partial charge in [-0.15, -0.1) is 0 Å². The predicted octanol–water partition coefficient (Wildman–Crippen LogP) is 4.93. The molecule has 22 heavy (non-hydrogen) atoms. The third-order valence-corrected chi connectivity index (χ3v) is 3.42. The summed E-state index contributed by atoms with van der Waals surface area (Å²) >= 11 is 5.17. The Kier molecular flexibility index (Phi) is 3.98. The van der Waals surface area contributed by atoms with Gasteiger partial charge < -0.3 is 10.6 Å². The molecule has 0 heterocycles. The summed E-state index contributed by atoms with van der Waals surface area (Å²) < 4.78 is 26.8. The van der Waals surface area contributed by atoms with Gasteiger partial charge in [0, 0.05) is 17.1 Å². The van der Waals surface area contributed by atoms with Crippen molar-refractivity contribution in [1.82, 2.24) is 0 Å². The molecule has 0 bridgehead atoms. The predicted molar refractivity (Wildman–Crippen MR) is 90.1 cm³/mol. The van der Waals surface area contributed by atoms with Crippen LogP contribution >= 0.6 is 12.2 Å². The van der Waals surface area contributed by atoms with Crippen molar-refractivity contribution in [3.05, 3.63) is 72.3 Å². The largest absolute Gasteiger partial charge is 0.332 e. The Balaban J connectivity index is 1.83. The van der Waals surface area contributed by atoms with Crippen molar-refractivity contribution in [2.45, 2.75) is 0 Å². The molecule has 0 aliphatic rings. The van der Waals surface area contributed by atoms with Crippen LogP contribution in [0.15, 0.2) is 60.7 Å². The zero-order valence-electron chi connectivity index (χ0n) is 11.4. The molecule has 0 fully saturated rings. The standard InChI is InChI=1S/C17H12F2N2S/c18-12-8-9-14(19)16(10-12)21-17(22)20-15-7-3-5-11-4-1-2-6-13(11)15/h1-10H,(H2,20,21,22). The van der Waals surface area contributed by atoms with Crippen LogP contribution in [-0.2, 0) is 0 Å². The molecular formula is C17H12F2N2S. The average molecular weight is 314 g/mol. The second-order valence-electron chi connectivity index (χ2n) is 4.73. The van der Waals surface area contributed by atoms with Crippen LogP contribution in [0.1, 0.15) is 0 Å². The number of nitrogens with one attached hydrogen (secondary N) is 2. The summed E-state index contributed by atoms with van der Waals surface area (Å²) in [5, 5.41) is 7.93. The zero-order chi connectivity index (χ0) is 15.5. The first kappa shape index (κ1) is 14.4. The molecule has 0 saturated carbocycles. The average Bonchev–Trinajstić information content (AvgIpc) is 2.51. The summed E-state index contributed by atoms with van der Waals surface area (Å²) in [6.45, 7) is 0. The molecule has 2 N–H and O–H groups in total. The smallest absolute Gasteiger partial charge is 0.175 e. The number of benzene rings is 3. The Bertz CT molecular complexity index is 844. The van der Waals surface area contributed by atoms with E-state index in [1.807, 2.05) is 42.5 Å². The zero-order valence-corrected chi connectivity index (χ0v) is 12.3. The van der Waals surface area contributed by atoms with Crippen molar-refractivity contribution in [3.63, 3.8) is 0 Å². The van der Waals surface area contributed by atoms with E-state index in [4.69, 9.17) is 12.2 Å². The van der Waals surface area contributed by atoms with Gasteiger partial charge in [-0.1, -0.05) is 36.4 Å². The van der Waals surface area contributed by atoms with E-state index in [9.17, 15) is 8.78 Å². The summed E-state index contributed by atoms with van der Waals surface area (Å²) in [4.78, 5) is 0. The van der Waals surface area contributed by atoms with E-state index < -0.39 is 11.6 Å². The normalized spacial score (nSPS) is 10.5. The van der Waals surface area contributed by atoms with E-state index in [0.717, 1.165) is 34.7 Å². The fraction of sp³-hybridized carbons (Fsp3) is 0. The molecule has 0 atom stereocenters. The van der Waals surface area contributed by atoms with Gasteiger partial charge >= 0.3 is 0 Å². The van der Waals surface area contributed by atoms with Gasteiger partial charge in [0.1, 0.15) is 11.6 Å². The number of anilines is 2. The van der Waals surface area contributed by atoms with E-state index >= 15 is 0 Å². The maximum absolute atomic E-state index is 13.6. The minimum absolute atomic E-state index is 0.00210. The number of thiocarbonyl (C=S) groups is 1. The number of hydrogen-bond acceptors (Lipinski definition) is 1. The summed E-state index contributed by atoms with van der Waals surface area (Å²) in [6.07, 6.45) is 0. The van der Waals surface area contributed by atoms with Crippen LogP contribution in [0.25, 0.3) is 10.8 Å². The maximum atomic E-state index is 13.6. The van der Waals surface area contributed by atoms with Gasteiger partial charge in [-0.25, -0.2) is 8.78 Å². The van der Waals surface area contributed by atoms with E-state index in [1.54, 1.807) is 0 Å². The summed E-state index contributed by atoms with van der Waals surface area (Å²) in [7, 11) is 0. The third-order valence-electron chi connectivity index (χ3n) is 3.21. The summed E-state index contributed by atoms with van der Waals surface area (Å²) in [5.74, 6) is -1.10. The number of hydrogen-bond donors (Lipinski definition) is 2. The van der Waals surface area contributed by atoms with E-state index in [-0.39, 0.29) is 10.8 Å². The van der Waals surface area contributed by atoms with Crippen molar-refractivity contribution >= 4 is 39.5 Å². The minimum atomic E-state index is -0.566. The van der Waals surface area contributed by atoms with Crippen LogP contribution in [0.4, 0.5) is 20.2 Å². The molecule has 0 unspecified atom stereocenters. The molecular weight excluding hydrogens is 302 g/mol. The quantitative estimate of drug-likeness (QED) is 0.656. The van der Waals surface area contributed by atoms with Gasteiger partial charge in [0.25, 0.3) is 0 Å². The van der Waals surface area contributed by atoms with Crippen molar-refractivity contribution in [2.75, 3.05) is 10.6 Å². The first-order chi connectivity index (χ1) is 10.6. The lowest BCUT2D eigenvalue weighted by Gasteiger charge is -2.13. The topological polar surface area (TPSA) is 24.1 Å². The molecule has 0 aromatic heterocycles. The second kappa shape index (κ2) is 6.07. The Morgan fingerprint density at radius 3 is 2.41 bits per heavy atom. The van der Waals surface area contributed by atoms with Crippen LogP contribution in [0.3, 0.4) is 0 Å². The van der Waals surface area contributed by atoms with Crippen LogP contribution in [0.5, 0.6) is 0 Å². The molecule has 0 aliphatic carbocycles. The van der Waals surface area contributed by atoms with E-state index in [1.165, 1.54) is 0 Å². The minimum Gasteiger partial charge on any atom is -0.332 e. The van der Waals surface area contributed by atoms with Crippen molar-refractivity contribution in [3.8, 4) is 0 Å². The van der Waals surface area contributed by atoms with Crippen molar-refractivity contribution in [2.24, 2.45) is 0 Å². The second-order valence-corrected chi connectivity index (χ2v) is 5.14. The van der Waals surface area contributed by atoms with Crippen LogP contribution in [-0.4, -0.2) is 5.11 Å². The molecule has 110 valence electrons. The Hall–Kier alpha value is -2.53. The molecule has 5 heteroatoms. The van der Waals surface area contributed by atoms with Gasteiger partial charge in [-0.3, -0.25) is 0 Å². The van der Waals surface area contributed by atoms with Gasteiger partial charge in [-0.2, -0.15) is 0 Å². The first-order valence-corrected chi connectivity index (χ1v) is 7.05. The lowest BCUT2D eigenvalue weighted by Crippen LogP contribution is -2.20. The molecule has 0 spiro atoms. The first-order valence-electron chi connectivity index (χ1n) is 6.64.